The molecule has 16 heteroatoms. The van der Waals surface area contributed by atoms with E-state index in [2.05, 4.69) is 45.9 Å². The van der Waals surface area contributed by atoms with Crippen LogP contribution in [0.3, 0.4) is 0 Å². The lowest BCUT2D eigenvalue weighted by molar-refractivity contribution is -0.137. The molecule has 0 saturated heterocycles. The van der Waals surface area contributed by atoms with E-state index in [9.17, 15) is 4.79 Å². The number of ether oxygens (including phenoxy) is 1. The van der Waals surface area contributed by atoms with E-state index in [1.54, 1.807) is 0 Å². The monoisotopic (exact) mass is 562 g/mol. The van der Waals surface area contributed by atoms with Gasteiger partial charge in [0.15, 0.2) is 0 Å². The number of carbonyl (C=O) groups is 1. The molecule has 0 spiro atoms. The molecule has 0 saturated carbocycles. The molecule has 0 aliphatic rings. The van der Waals surface area contributed by atoms with Crippen LogP contribution < -0.4 is 0 Å². The maximum atomic E-state index is 11.4. The first kappa shape index (κ1) is 30.7. The van der Waals surface area contributed by atoms with Crippen LogP contribution in [0.2, 0.25) is 50.9 Å². The Morgan fingerprint density at radius 3 is 1.63 bits per heavy atom. The summed E-state index contributed by atoms with van der Waals surface area (Å²) in [7, 11) is -9.86. The van der Waals surface area contributed by atoms with E-state index in [1.807, 2.05) is 0 Å². The second-order valence-electron chi connectivity index (χ2n) is 6.30. The van der Waals surface area contributed by atoms with Crippen molar-refractivity contribution < 1.29 is 34.2 Å². The van der Waals surface area contributed by atoms with Crippen molar-refractivity contribution in [2.75, 3.05) is 6.61 Å². The summed E-state index contributed by atoms with van der Waals surface area (Å²) in [4.78, 5) is 11.4. The summed E-state index contributed by atoms with van der Waals surface area (Å²) in [5.41, 5.74) is 0.0561. The molecular formula is C14H42O8Si8. The van der Waals surface area contributed by atoms with E-state index >= 15 is 0 Å². The molecule has 0 amide bonds. The van der Waals surface area contributed by atoms with Crippen molar-refractivity contribution in [3.8, 4) is 0 Å². The van der Waals surface area contributed by atoms with E-state index in [1.165, 1.54) is 6.08 Å². The minimum atomic E-state index is -2.84. The van der Waals surface area contributed by atoms with Gasteiger partial charge in [0.2, 0.25) is 0 Å². The first-order valence-electron chi connectivity index (χ1n) is 11.1. The molecule has 0 fully saturated rings. The van der Waals surface area contributed by atoms with Crippen LogP contribution in [0, 0.1) is 0 Å². The van der Waals surface area contributed by atoms with Crippen LogP contribution in [0.5, 0.6) is 0 Å². The highest BCUT2D eigenvalue weighted by Gasteiger charge is 2.53. The zero-order chi connectivity index (χ0) is 22.9. The van der Waals surface area contributed by atoms with Crippen molar-refractivity contribution in [3.63, 3.8) is 0 Å². The van der Waals surface area contributed by atoms with Gasteiger partial charge >= 0.3 is 23.6 Å². The van der Waals surface area contributed by atoms with Crippen LogP contribution in [0.1, 0.15) is 12.8 Å². The van der Waals surface area contributed by atoms with Gasteiger partial charge in [0.05, 0.1) is 6.61 Å². The van der Waals surface area contributed by atoms with Crippen molar-refractivity contribution in [1.29, 1.82) is 0 Å². The lowest BCUT2D eigenvalue weighted by Crippen LogP contribution is -2.57. The van der Waals surface area contributed by atoms with Crippen molar-refractivity contribution in [1.82, 2.24) is 0 Å². The summed E-state index contributed by atoms with van der Waals surface area (Å²) < 4.78 is 43.4. The standard InChI is InChI=1S/C14H42O8Si8/c1-8-14(15)16-11-9-10-13(30(20-26-5,21-27-6)22-28-7)12-29(17-23-2,18-24-3)19-25-4/h8,13H,1,9-12,23-28H2,2-7H3. The first-order chi connectivity index (χ1) is 14.4. The van der Waals surface area contributed by atoms with E-state index in [0.717, 1.165) is 6.42 Å². The maximum absolute atomic E-state index is 11.4. The molecule has 0 aliphatic heterocycles. The van der Waals surface area contributed by atoms with Gasteiger partial charge in [0.1, 0.15) is 58.6 Å². The summed E-state index contributed by atoms with van der Waals surface area (Å²) in [6.07, 6.45) is 2.68. The molecule has 178 valence electrons. The quantitative estimate of drug-likeness (QED) is 0.0779. The predicted octanol–water partition coefficient (Wildman–Crippen LogP) is -1.37. The highest BCUT2D eigenvalue weighted by molar-refractivity contribution is 6.79. The molecule has 8 nitrogen and oxygen atoms in total. The van der Waals surface area contributed by atoms with Crippen molar-refractivity contribution in [2.24, 2.45) is 0 Å². The van der Waals surface area contributed by atoms with Gasteiger partial charge in [0, 0.05) is 17.7 Å². The third-order valence-corrected chi connectivity index (χ3v) is 24.2. The topological polar surface area (TPSA) is 81.7 Å². The Kier molecular flexibility index (Phi) is 18.6. The van der Waals surface area contributed by atoms with Crippen LogP contribution in [0.15, 0.2) is 12.7 Å². The molecule has 0 aliphatic carbocycles. The molecule has 0 aromatic rings. The molecule has 0 rings (SSSR count). The fourth-order valence-electron chi connectivity index (χ4n) is 3.31. The number of rotatable bonds is 20. The van der Waals surface area contributed by atoms with Crippen molar-refractivity contribution >= 4 is 82.2 Å². The van der Waals surface area contributed by atoms with Gasteiger partial charge < -0.3 is 29.4 Å². The Morgan fingerprint density at radius 1 is 0.833 bits per heavy atom. The lowest BCUT2D eigenvalue weighted by atomic mass is 10.2. The zero-order valence-corrected chi connectivity index (χ0v) is 30.2. The van der Waals surface area contributed by atoms with Crippen LogP contribution in [-0.4, -0.2) is 88.8 Å². The Labute approximate surface area is 198 Å². The molecule has 0 N–H and O–H groups in total. The number of hydrogen-bond donors (Lipinski definition) is 0. The van der Waals surface area contributed by atoms with E-state index in [0.29, 0.717) is 19.1 Å². The summed E-state index contributed by atoms with van der Waals surface area (Å²) in [6, 6.07) is 0.689. The third kappa shape index (κ3) is 11.0. The minimum Gasteiger partial charge on any atom is -0.463 e. The Morgan fingerprint density at radius 2 is 1.27 bits per heavy atom. The highest BCUT2D eigenvalue weighted by atomic mass is 28.5. The van der Waals surface area contributed by atoms with Crippen LogP contribution in [0.25, 0.3) is 0 Å². The largest absolute Gasteiger partial charge is 0.471 e. The minimum absolute atomic E-state index is 0.0561. The second kappa shape index (κ2) is 18.2. The molecule has 0 aromatic carbocycles. The van der Waals surface area contributed by atoms with Crippen LogP contribution >= 0.6 is 0 Å². The third-order valence-electron chi connectivity index (χ3n) is 4.23. The van der Waals surface area contributed by atoms with Crippen LogP contribution in [0.4, 0.5) is 0 Å². The molecule has 0 radical (unpaired) electrons. The normalized spacial score (nSPS) is 18.9. The van der Waals surface area contributed by atoms with Gasteiger partial charge in [-0.3, -0.25) is 0 Å². The molecule has 1 unspecified atom stereocenters. The van der Waals surface area contributed by atoms with E-state index in [4.69, 9.17) is 29.4 Å². The van der Waals surface area contributed by atoms with E-state index < -0.39 is 82.2 Å². The lowest BCUT2D eigenvalue weighted by Gasteiger charge is -2.40. The number of hydrogen-bond acceptors (Lipinski definition) is 8. The molecule has 0 heterocycles. The highest BCUT2D eigenvalue weighted by Crippen LogP contribution is 2.38. The van der Waals surface area contributed by atoms with Crippen LogP contribution in [-0.2, 0) is 34.2 Å². The smallest absolute Gasteiger partial charge is 0.463 e. The van der Waals surface area contributed by atoms with Gasteiger partial charge in [-0.05, 0) is 12.8 Å². The van der Waals surface area contributed by atoms with Crippen molar-refractivity contribution in [2.45, 2.75) is 63.7 Å². The summed E-state index contributed by atoms with van der Waals surface area (Å²) in [5, 5.41) is 0. The zero-order valence-electron chi connectivity index (χ0n) is 19.7. The molecule has 1 atom stereocenters. The summed E-state index contributed by atoms with van der Waals surface area (Å²) in [5.74, 6) is -0.397. The van der Waals surface area contributed by atoms with Gasteiger partial charge in [-0.1, -0.05) is 45.9 Å². The Balaban J connectivity index is 5.83. The average Bonchev–Trinajstić information content (AvgIpc) is 2.71. The SMILES string of the molecule is C=CC(=O)OCCCC(C[Si](O[SiH2]C)(O[SiH2]C)O[SiH2]C)[Si](O[SiH2]C)(O[SiH2]C)O[SiH2]C. The van der Waals surface area contributed by atoms with E-state index in [-0.39, 0.29) is 5.54 Å². The second-order valence-corrected chi connectivity index (χ2v) is 20.5. The number of esters is 1. The summed E-state index contributed by atoms with van der Waals surface area (Å²) >= 11 is 0. The first-order valence-corrected chi connectivity index (χ1v) is 26.7. The molecule has 30 heavy (non-hydrogen) atoms. The fourth-order valence-corrected chi connectivity index (χ4v) is 27.3. The average molecular weight is 563 g/mol. The molecule has 0 aromatic heterocycles. The fraction of sp³-hybridized carbons (Fsp3) is 0.786. The van der Waals surface area contributed by atoms with Gasteiger partial charge in [0.25, 0.3) is 0 Å². The van der Waals surface area contributed by atoms with Crippen molar-refractivity contribution in [3.05, 3.63) is 12.7 Å². The van der Waals surface area contributed by atoms with Gasteiger partial charge in [-0.15, -0.1) is 0 Å². The molecular weight excluding hydrogens is 521 g/mol. The van der Waals surface area contributed by atoms with Gasteiger partial charge in [-0.25, -0.2) is 4.79 Å². The Hall–Kier alpha value is 0.705. The van der Waals surface area contributed by atoms with Gasteiger partial charge in [-0.2, -0.15) is 0 Å². The predicted molar refractivity (Wildman–Crippen MR) is 143 cm³/mol. The maximum Gasteiger partial charge on any atom is 0.471 e. The Bertz CT molecular complexity index is 441. The summed E-state index contributed by atoms with van der Waals surface area (Å²) in [6.45, 7) is 16.5. The molecule has 0 bridgehead atoms. The number of carbonyl (C=O) groups excluding carboxylic acids is 1.